The summed E-state index contributed by atoms with van der Waals surface area (Å²) in [7, 11) is 0. The molecule has 0 bridgehead atoms. The smallest absolute Gasteiger partial charge is 0.127 e. The maximum atomic E-state index is 5.93. The van der Waals surface area contributed by atoms with Crippen LogP contribution in [0.2, 0.25) is 0 Å². The molecule has 24 heavy (non-hydrogen) atoms. The summed E-state index contributed by atoms with van der Waals surface area (Å²) >= 11 is 0. The summed E-state index contributed by atoms with van der Waals surface area (Å²) < 4.78 is 5.79. The van der Waals surface area contributed by atoms with Gasteiger partial charge in [-0.15, -0.1) is 10.2 Å². The van der Waals surface area contributed by atoms with Crippen molar-refractivity contribution in [3.8, 4) is 17.2 Å². The van der Waals surface area contributed by atoms with Crippen LogP contribution in [0, 0.1) is 6.92 Å². The van der Waals surface area contributed by atoms with E-state index in [1.807, 2.05) is 73.7 Å². The number of hydrogen-bond donors (Lipinski definition) is 1. The van der Waals surface area contributed by atoms with Gasteiger partial charge in [-0.3, -0.25) is 0 Å². The molecule has 4 aromatic rings. The third-order valence-corrected chi connectivity index (χ3v) is 3.81. The maximum absolute atomic E-state index is 5.93. The van der Waals surface area contributed by atoms with Gasteiger partial charge in [0.2, 0.25) is 0 Å². The quantitative estimate of drug-likeness (QED) is 0.578. The highest BCUT2D eigenvalue weighted by Crippen LogP contribution is 2.23. The number of ether oxygens (including phenoxy) is 1. The molecule has 1 heterocycles. The van der Waals surface area contributed by atoms with E-state index in [0.29, 0.717) is 0 Å². The molecule has 0 fully saturated rings. The first-order valence-electron chi connectivity index (χ1n) is 7.65. The van der Waals surface area contributed by atoms with E-state index in [0.717, 1.165) is 39.5 Å². The number of rotatable bonds is 3. The van der Waals surface area contributed by atoms with E-state index in [4.69, 9.17) is 10.5 Å². The lowest BCUT2D eigenvalue weighted by atomic mass is 10.2. The van der Waals surface area contributed by atoms with Crippen molar-refractivity contribution in [1.82, 2.24) is 15.0 Å². The maximum Gasteiger partial charge on any atom is 0.127 e. The van der Waals surface area contributed by atoms with Crippen molar-refractivity contribution in [2.75, 3.05) is 5.73 Å². The Bertz CT molecular complexity index is 952. The van der Waals surface area contributed by atoms with Gasteiger partial charge in [0.1, 0.15) is 22.5 Å². The first-order chi connectivity index (χ1) is 11.7. The Morgan fingerprint density at radius 1 is 0.833 bits per heavy atom. The van der Waals surface area contributed by atoms with E-state index in [-0.39, 0.29) is 0 Å². The molecule has 2 N–H and O–H groups in total. The normalized spacial score (nSPS) is 10.9. The Labute approximate surface area is 139 Å². The Morgan fingerprint density at radius 3 is 2.17 bits per heavy atom. The molecule has 1 aromatic heterocycles. The number of nitrogens with two attached hydrogens (primary N) is 1. The van der Waals surface area contributed by atoms with Gasteiger partial charge in [-0.1, -0.05) is 18.2 Å². The van der Waals surface area contributed by atoms with Crippen molar-refractivity contribution in [2.45, 2.75) is 6.92 Å². The van der Waals surface area contributed by atoms with Crippen molar-refractivity contribution in [3.05, 3.63) is 72.3 Å². The summed E-state index contributed by atoms with van der Waals surface area (Å²) in [5.74, 6) is 1.57. The first-order valence-corrected chi connectivity index (χ1v) is 7.65. The molecule has 0 aliphatic carbocycles. The van der Waals surface area contributed by atoms with Gasteiger partial charge in [0, 0.05) is 5.69 Å². The molecule has 0 saturated heterocycles. The second kappa shape index (κ2) is 5.70. The van der Waals surface area contributed by atoms with Gasteiger partial charge in [-0.25, -0.2) is 0 Å². The number of nitrogen functional groups attached to an aromatic ring is 1. The topological polar surface area (TPSA) is 66.0 Å². The van der Waals surface area contributed by atoms with Gasteiger partial charge in [-0.2, -0.15) is 4.80 Å². The fourth-order valence-corrected chi connectivity index (χ4v) is 2.47. The molecule has 5 nitrogen and oxygen atoms in total. The molecule has 5 heteroatoms. The van der Waals surface area contributed by atoms with E-state index >= 15 is 0 Å². The van der Waals surface area contributed by atoms with E-state index in [2.05, 4.69) is 10.2 Å². The SMILES string of the molecule is Cc1cc2nn(-c3ccc(Oc4ccccc4)cc3)nc2cc1N. The predicted molar refractivity (Wildman–Crippen MR) is 94.5 cm³/mol. The largest absolute Gasteiger partial charge is 0.457 e. The minimum atomic E-state index is 0.723. The third-order valence-electron chi connectivity index (χ3n) is 3.81. The average Bonchev–Trinajstić information content (AvgIpc) is 2.99. The molecule has 0 aliphatic heterocycles. The van der Waals surface area contributed by atoms with Crippen LogP contribution in [-0.2, 0) is 0 Å². The number of fused-ring (bicyclic) bond motifs is 1. The number of para-hydroxylation sites is 1. The summed E-state index contributed by atoms with van der Waals surface area (Å²) in [5.41, 5.74) is 10.1. The molecule has 0 amide bonds. The van der Waals surface area contributed by atoms with Crippen molar-refractivity contribution in [1.29, 1.82) is 0 Å². The molecule has 0 radical (unpaired) electrons. The van der Waals surface area contributed by atoms with Gasteiger partial charge >= 0.3 is 0 Å². The number of hydrogen-bond acceptors (Lipinski definition) is 4. The Morgan fingerprint density at radius 2 is 1.46 bits per heavy atom. The Balaban J connectivity index is 1.63. The zero-order valence-electron chi connectivity index (χ0n) is 13.2. The lowest BCUT2D eigenvalue weighted by molar-refractivity contribution is 0.482. The number of aromatic nitrogens is 3. The van der Waals surface area contributed by atoms with Crippen LogP contribution in [-0.4, -0.2) is 15.0 Å². The molecule has 4 rings (SSSR count). The fourth-order valence-electron chi connectivity index (χ4n) is 2.47. The van der Waals surface area contributed by atoms with Crippen LogP contribution in [0.5, 0.6) is 11.5 Å². The van der Waals surface area contributed by atoms with Crippen LogP contribution in [0.4, 0.5) is 5.69 Å². The number of benzene rings is 3. The summed E-state index contributed by atoms with van der Waals surface area (Å²) in [4.78, 5) is 1.61. The summed E-state index contributed by atoms with van der Waals surface area (Å²) in [6, 6.07) is 21.1. The molecule has 0 saturated carbocycles. The molecule has 0 spiro atoms. The molecular weight excluding hydrogens is 300 g/mol. The monoisotopic (exact) mass is 316 g/mol. The van der Waals surface area contributed by atoms with Gasteiger partial charge in [-0.05, 0) is 61.0 Å². The Kier molecular flexibility index (Phi) is 3.39. The van der Waals surface area contributed by atoms with Crippen LogP contribution in [0.1, 0.15) is 5.56 Å². The highest BCUT2D eigenvalue weighted by molar-refractivity contribution is 5.79. The lowest BCUT2D eigenvalue weighted by Crippen LogP contribution is -1.98. The number of anilines is 1. The van der Waals surface area contributed by atoms with Crippen LogP contribution in [0.15, 0.2) is 66.7 Å². The molecular formula is C19H16N4O. The molecule has 0 atom stereocenters. The van der Waals surface area contributed by atoms with E-state index in [1.54, 1.807) is 4.80 Å². The van der Waals surface area contributed by atoms with Crippen LogP contribution in [0.25, 0.3) is 16.7 Å². The van der Waals surface area contributed by atoms with E-state index < -0.39 is 0 Å². The van der Waals surface area contributed by atoms with E-state index in [1.165, 1.54) is 0 Å². The molecule has 0 aliphatic rings. The van der Waals surface area contributed by atoms with Crippen molar-refractivity contribution < 1.29 is 4.74 Å². The van der Waals surface area contributed by atoms with Crippen LogP contribution in [0.3, 0.4) is 0 Å². The van der Waals surface area contributed by atoms with Crippen molar-refractivity contribution in [3.63, 3.8) is 0 Å². The highest BCUT2D eigenvalue weighted by Gasteiger charge is 2.07. The van der Waals surface area contributed by atoms with Gasteiger partial charge in [0.25, 0.3) is 0 Å². The summed E-state index contributed by atoms with van der Waals surface area (Å²) in [6.07, 6.45) is 0. The minimum Gasteiger partial charge on any atom is -0.457 e. The van der Waals surface area contributed by atoms with Gasteiger partial charge < -0.3 is 10.5 Å². The number of aryl methyl sites for hydroxylation is 1. The standard InChI is InChI=1S/C19H16N4O/c1-13-11-18-19(12-17(13)20)22-23(21-18)14-7-9-16(10-8-14)24-15-5-3-2-4-6-15/h2-12H,20H2,1H3. The zero-order chi connectivity index (χ0) is 16.5. The molecule has 0 unspecified atom stereocenters. The third kappa shape index (κ3) is 2.67. The fraction of sp³-hybridized carbons (Fsp3) is 0.0526. The average molecular weight is 316 g/mol. The van der Waals surface area contributed by atoms with Gasteiger partial charge in [0.05, 0.1) is 5.69 Å². The molecule has 118 valence electrons. The van der Waals surface area contributed by atoms with E-state index in [9.17, 15) is 0 Å². The van der Waals surface area contributed by atoms with Gasteiger partial charge in [0.15, 0.2) is 0 Å². The second-order valence-electron chi connectivity index (χ2n) is 5.60. The van der Waals surface area contributed by atoms with Crippen molar-refractivity contribution in [2.24, 2.45) is 0 Å². The Hall–Kier alpha value is -3.34. The highest BCUT2D eigenvalue weighted by atomic mass is 16.5. The summed E-state index contributed by atoms with van der Waals surface area (Å²) in [5, 5.41) is 8.99. The predicted octanol–water partition coefficient (Wildman–Crippen LogP) is 4.10. The zero-order valence-corrected chi connectivity index (χ0v) is 13.2. The molecule has 3 aromatic carbocycles. The van der Waals surface area contributed by atoms with Crippen LogP contribution < -0.4 is 10.5 Å². The summed E-state index contributed by atoms with van der Waals surface area (Å²) in [6.45, 7) is 1.96. The minimum absolute atomic E-state index is 0.723. The number of nitrogens with zero attached hydrogens (tertiary/aromatic N) is 3. The second-order valence-corrected chi connectivity index (χ2v) is 5.60. The first kappa shape index (κ1) is 14.3. The lowest BCUT2D eigenvalue weighted by Gasteiger charge is -2.06. The van der Waals surface area contributed by atoms with Crippen LogP contribution >= 0.6 is 0 Å². The van der Waals surface area contributed by atoms with Crippen molar-refractivity contribution >= 4 is 16.7 Å².